The maximum absolute atomic E-state index is 12.2. The molecule has 1 heterocycles. The zero-order valence-electron chi connectivity index (χ0n) is 10.4. The number of aromatic nitrogens is 1. The fourth-order valence-electron chi connectivity index (χ4n) is 1.88. The van der Waals surface area contributed by atoms with Gasteiger partial charge in [0.25, 0.3) is 0 Å². The topological polar surface area (TPSA) is 69.1 Å². The first-order valence-corrected chi connectivity index (χ1v) is 7.61. The molecule has 6 heteroatoms. The van der Waals surface area contributed by atoms with Gasteiger partial charge >= 0.3 is 0 Å². The minimum Gasteiger partial charge on any atom is -0.440 e. The number of benzene rings is 2. The first-order valence-electron chi connectivity index (χ1n) is 5.91. The SMILES string of the molecule is Nc1cccc2oc(CS(=O)c3cccc(Cl)c3)nc12. The quantitative estimate of drug-likeness (QED) is 0.753. The van der Waals surface area contributed by atoms with Crippen LogP contribution in [0.4, 0.5) is 5.69 Å². The van der Waals surface area contributed by atoms with Crippen LogP contribution in [0, 0.1) is 0 Å². The third-order valence-electron chi connectivity index (χ3n) is 2.81. The highest BCUT2D eigenvalue weighted by Crippen LogP contribution is 2.23. The van der Waals surface area contributed by atoms with E-state index in [4.69, 9.17) is 21.8 Å². The zero-order chi connectivity index (χ0) is 14.1. The van der Waals surface area contributed by atoms with Crippen LogP contribution in [0.1, 0.15) is 5.89 Å². The predicted octanol–water partition coefficient (Wildman–Crippen LogP) is 3.37. The van der Waals surface area contributed by atoms with Gasteiger partial charge in [-0.05, 0) is 30.3 Å². The summed E-state index contributed by atoms with van der Waals surface area (Å²) >= 11 is 5.89. The predicted molar refractivity (Wildman–Crippen MR) is 80.0 cm³/mol. The van der Waals surface area contributed by atoms with Gasteiger partial charge in [0.1, 0.15) is 11.3 Å². The second-order valence-corrected chi connectivity index (χ2v) is 6.14. The van der Waals surface area contributed by atoms with E-state index in [2.05, 4.69) is 4.98 Å². The molecule has 0 radical (unpaired) electrons. The average Bonchev–Trinajstić information content (AvgIpc) is 2.83. The Morgan fingerprint density at radius 3 is 2.80 bits per heavy atom. The van der Waals surface area contributed by atoms with Crippen molar-refractivity contribution in [1.82, 2.24) is 4.98 Å². The average molecular weight is 307 g/mol. The van der Waals surface area contributed by atoms with Crippen molar-refractivity contribution in [3.63, 3.8) is 0 Å². The molecule has 1 aromatic heterocycles. The highest BCUT2D eigenvalue weighted by Gasteiger charge is 2.12. The van der Waals surface area contributed by atoms with Crippen LogP contribution in [-0.4, -0.2) is 9.19 Å². The van der Waals surface area contributed by atoms with Gasteiger partial charge in [0, 0.05) is 9.92 Å². The van der Waals surface area contributed by atoms with Crippen molar-refractivity contribution < 1.29 is 8.63 Å². The summed E-state index contributed by atoms with van der Waals surface area (Å²) in [6.07, 6.45) is 0. The van der Waals surface area contributed by atoms with Crippen molar-refractivity contribution in [2.45, 2.75) is 10.6 Å². The molecule has 0 bridgehead atoms. The molecule has 102 valence electrons. The van der Waals surface area contributed by atoms with E-state index >= 15 is 0 Å². The summed E-state index contributed by atoms with van der Waals surface area (Å²) in [5, 5.41) is 0.553. The summed E-state index contributed by atoms with van der Waals surface area (Å²) in [5.41, 5.74) is 7.57. The van der Waals surface area contributed by atoms with Gasteiger partial charge in [-0.15, -0.1) is 0 Å². The molecule has 4 nitrogen and oxygen atoms in total. The van der Waals surface area contributed by atoms with Crippen LogP contribution in [0.3, 0.4) is 0 Å². The van der Waals surface area contributed by atoms with Gasteiger partial charge in [-0.2, -0.15) is 0 Å². The number of oxazole rings is 1. The monoisotopic (exact) mass is 306 g/mol. The fourth-order valence-corrected chi connectivity index (χ4v) is 3.14. The van der Waals surface area contributed by atoms with E-state index in [9.17, 15) is 4.21 Å². The van der Waals surface area contributed by atoms with E-state index in [1.165, 1.54) is 0 Å². The van der Waals surface area contributed by atoms with Crippen molar-refractivity contribution in [3.05, 3.63) is 53.4 Å². The smallest absolute Gasteiger partial charge is 0.208 e. The van der Waals surface area contributed by atoms with E-state index in [1.54, 1.807) is 42.5 Å². The molecule has 0 saturated heterocycles. The normalized spacial score (nSPS) is 12.7. The van der Waals surface area contributed by atoms with Gasteiger partial charge in [0.05, 0.1) is 16.5 Å². The molecule has 20 heavy (non-hydrogen) atoms. The summed E-state index contributed by atoms with van der Waals surface area (Å²) < 4.78 is 17.8. The number of fused-ring (bicyclic) bond motifs is 1. The Bertz CT molecular complexity index is 801. The molecule has 1 unspecified atom stereocenters. The number of nitrogens with zero attached hydrogens (tertiary/aromatic N) is 1. The fraction of sp³-hybridized carbons (Fsp3) is 0.0714. The highest BCUT2D eigenvalue weighted by atomic mass is 35.5. The van der Waals surface area contributed by atoms with Crippen LogP contribution in [0.5, 0.6) is 0 Å². The Morgan fingerprint density at radius 2 is 2.05 bits per heavy atom. The number of rotatable bonds is 3. The Morgan fingerprint density at radius 1 is 1.25 bits per heavy atom. The molecule has 3 aromatic rings. The number of anilines is 1. The number of hydrogen-bond donors (Lipinski definition) is 1. The van der Waals surface area contributed by atoms with Gasteiger partial charge in [-0.3, -0.25) is 4.21 Å². The highest BCUT2D eigenvalue weighted by molar-refractivity contribution is 7.84. The summed E-state index contributed by atoms with van der Waals surface area (Å²) in [5.74, 6) is 0.588. The first kappa shape index (κ1) is 13.1. The molecule has 0 spiro atoms. The second-order valence-electron chi connectivity index (χ2n) is 4.25. The number of nitrogens with two attached hydrogens (primary N) is 1. The Labute approximate surface area is 123 Å². The van der Waals surface area contributed by atoms with E-state index in [0.717, 1.165) is 0 Å². The lowest BCUT2D eigenvalue weighted by Crippen LogP contribution is -1.96. The molecule has 0 aliphatic carbocycles. The maximum atomic E-state index is 12.2. The van der Waals surface area contributed by atoms with Gasteiger partial charge in [-0.25, -0.2) is 4.98 Å². The van der Waals surface area contributed by atoms with Gasteiger partial charge in [-0.1, -0.05) is 23.7 Å². The van der Waals surface area contributed by atoms with Crippen LogP contribution in [-0.2, 0) is 16.6 Å². The van der Waals surface area contributed by atoms with Crippen molar-refractivity contribution in [2.24, 2.45) is 0 Å². The van der Waals surface area contributed by atoms with Gasteiger partial charge in [0.2, 0.25) is 5.89 Å². The summed E-state index contributed by atoms with van der Waals surface area (Å²) in [4.78, 5) is 4.93. The zero-order valence-corrected chi connectivity index (χ0v) is 11.9. The van der Waals surface area contributed by atoms with Crippen LogP contribution in [0.15, 0.2) is 51.8 Å². The molecule has 2 aromatic carbocycles. The molecule has 3 rings (SSSR count). The molecule has 1 atom stereocenters. The molecule has 2 N–H and O–H groups in total. The van der Waals surface area contributed by atoms with Gasteiger partial charge in [0.15, 0.2) is 5.58 Å². The Balaban J connectivity index is 1.89. The molecule has 0 saturated carbocycles. The number of nitrogen functional groups attached to an aromatic ring is 1. The van der Waals surface area contributed by atoms with Gasteiger partial charge < -0.3 is 10.2 Å². The first-order chi connectivity index (χ1) is 9.63. The Kier molecular flexibility index (Phi) is 3.46. The molecule has 0 aliphatic rings. The second kappa shape index (κ2) is 5.26. The maximum Gasteiger partial charge on any atom is 0.208 e. The lowest BCUT2D eigenvalue weighted by Gasteiger charge is -1.99. The lowest BCUT2D eigenvalue weighted by molar-refractivity contribution is 0.552. The van der Waals surface area contributed by atoms with Crippen molar-refractivity contribution in [1.29, 1.82) is 0 Å². The minimum absolute atomic E-state index is 0.189. The summed E-state index contributed by atoms with van der Waals surface area (Å²) in [6, 6.07) is 12.3. The third kappa shape index (κ3) is 2.55. The molecule has 0 aliphatic heterocycles. The number of hydrogen-bond acceptors (Lipinski definition) is 4. The van der Waals surface area contributed by atoms with E-state index < -0.39 is 10.8 Å². The molecule has 0 amide bonds. The van der Waals surface area contributed by atoms with E-state index in [-0.39, 0.29) is 5.75 Å². The van der Waals surface area contributed by atoms with E-state index in [1.807, 2.05) is 0 Å². The van der Waals surface area contributed by atoms with Crippen molar-refractivity contribution >= 4 is 39.2 Å². The molecular formula is C14H11ClN2O2S. The minimum atomic E-state index is -1.26. The molecule has 0 fully saturated rings. The molecular weight excluding hydrogens is 296 g/mol. The number of para-hydroxylation sites is 1. The number of halogens is 1. The summed E-state index contributed by atoms with van der Waals surface area (Å²) in [7, 11) is -1.26. The van der Waals surface area contributed by atoms with Crippen molar-refractivity contribution in [2.75, 3.05) is 5.73 Å². The lowest BCUT2D eigenvalue weighted by atomic mass is 10.3. The van der Waals surface area contributed by atoms with E-state index in [0.29, 0.717) is 32.6 Å². The third-order valence-corrected chi connectivity index (χ3v) is 4.33. The van der Waals surface area contributed by atoms with Crippen LogP contribution in [0.25, 0.3) is 11.1 Å². The van der Waals surface area contributed by atoms with Crippen LogP contribution >= 0.6 is 11.6 Å². The Hall–Kier alpha value is -1.85. The largest absolute Gasteiger partial charge is 0.440 e. The summed E-state index contributed by atoms with van der Waals surface area (Å²) in [6.45, 7) is 0. The standard InChI is InChI=1S/C14H11ClN2O2S/c15-9-3-1-4-10(7-9)20(18)8-13-17-14-11(16)5-2-6-12(14)19-13/h1-7H,8,16H2. The van der Waals surface area contributed by atoms with Crippen LogP contribution < -0.4 is 5.73 Å². The van der Waals surface area contributed by atoms with Crippen LogP contribution in [0.2, 0.25) is 5.02 Å². The van der Waals surface area contributed by atoms with Crippen molar-refractivity contribution in [3.8, 4) is 0 Å².